The molecule has 13 heavy (non-hydrogen) atoms. The molecule has 4 heteroatoms. The molecular formula is C9H5ClINZn. The minimum absolute atomic E-state index is 0.704. The van der Waals surface area contributed by atoms with Crippen molar-refractivity contribution in [2.24, 2.45) is 0 Å². The zero-order valence-electron chi connectivity index (χ0n) is 6.80. The Balaban J connectivity index is 0.000000396. The van der Waals surface area contributed by atoms with Gasteiger partial charge < -0.3 is 4.98 Å². The molecule has 2 rings (SSSR count). The molecule has 0 spiro atoms. The summed E-state index contributed by atoms with van der Waals surface area (Å²) in [5.41, 5.74) is 0.889. The maximum absolute atomic E-state index is 5.89. The first kappa shape index (κ1) is 11.3. The Kier molecular flexibility index (Phi) is 5.14. The van der Waals surface area contributed by atoms with Crippen LogP contribution in [-0.2, 0) is 14.8 Å². The second-order valence-corrected chi connectivity index (χ2v) is 2.66. The molecule has 1 heterocycles. The summed E-state index contributed by atoms with van der Waals surface area (Å²) in [7, 11) is 0. The summed E-state index contributed by atoms with van der Waals surface area (Å²) in [6.45, 7) is 0. The number of pyridine rings is 1. The maximum atomic E-state index is 5.89. The third-order valence-corrected chi connectivity index (χ3v) is 1.85. The first-order valence-corrected chi connectivity index (χ1v) is 13.0. The first-order chi connectivity index (χ1) is 6.38. The van der Waals surface area contributed by atoms with Crippen molar-refractivity contribution in [3.05, 3.63) is 41.6 Å². The number of benzene rings is 1. The van der Waals surface area contributed by atoms with Gasteiger partial charge in [-0.1, -0.05) is 40.9 Å². The second kappa shape index (κ2) is 5.89. The van der Waals surface area contributed by atoms with Crippen LogP contribution >= 0.6 is 31.4 Å². The van der Waals surface area contributed by atoms with Gasteiger partial charge in [-0.05, 0) is 5.52 Å². The quantitative estimate of drug-likeness (QED) is 0.400. The number of nitrogens with zero attached hydrogens (tertiary/aromatic N) is 1. The molecule has 1 aromatic carbocycles. The van der Waals surface area contributed by atoms with Gasteiger partial charge in [0.25, 0.3) is 0 Å². The molecule has 1 aromatic heterocycles. The SMILES string of the molecule is Clc1c[c-]nc2ccccc12.[Zn+][I]. The molecule has 0 aliphatic carbocycles. The van der Waals surface area contributed by atoms with Gasteiger partial charge >= 0.3 is 34.5 Å². The standard InChI is InChI=1S/C9H5ClN.HI.Zn/c10-8-5-6-11-9-4-2-1-3-7(8)9;;/h1-5H;1H;/q-1;;+2/p-1. The Bertz CT molecular complexity index is 389. The van der Waals surface area contributed by atoms with E-state index in [1.165, 1.54) is 14.8 Å². The summed E-state index contributed by atoms with van der Waals surface area (Å²) < 4.78 is 0. The topological polar surface area (TPSA) is 12.9 Å². The molecule has 0 amide bonds. The summed E-state index contributed by atoms with van der Waals surface area (Å²) in [4.78, 5) is 4.03. The van der Waals surface area contributed by atoms with E-state index in [-0.39, 0.29) is 0 Å². The van der Waals surface area contributed by atoms with E-state index in [1.54, 1.807) is 6.07 Å². The van der Waals surface area contributed by atoms with E-state index in [4.69, 9.17) is 11.6 Å². The van der Waals surface area contributed by atoms with Gasteiger partial charge in [0.05, 0.1) is 0 Å². The van der Waals surface area contributed by atoms with Crippen LogP contribution in [0.4, 0.5) is 0 Å². The fraction of sp³-hybridized carbons (Fsp3) is 0. The van der Waals surface area contributed by atoms with Gasteiger partial charge in [-0.3, -0.25) is 0 Å². The number of hydrogen-bond donors (Lipinski definition) is 0. The van der Waals surface area contributed by atoms with Crippen molar-refractivity contribution in [3.63, 3.8) is 0 Å². The third-order valence-electron chi connectivity index (χ3n) is 1.54. The molecule has 1 nitrogen and oxygen atoms in total. The van der Waals surface area contributed by atoms with E-state index in [1.807, 2.05) is 24.3 Å². The van der Waals surface area contributed by atoms with Crippen molar-refractivity contribution < 1.29 is 14.8 Å². The van der Waals surface area contributed by atoms with Crippen LogP contribution in [0.15, 0.2) is 30.3 Å². The van der Waals surface area contributed by atoms with E-state index in [9.17, 15) is 0 Å². The number of para-hydroxylation sites is 1. The van der Waals surface area contributed by atoms with E-state index in [0.29, 0.717) is 5.02 Å². The van der Waals surface area contributed by atoms with Gasteiger partial charge in [0.2, 0.25) is 0 Å². The Morgan fingerprint density at radius 2 is 2.00 bits per heavy atom. The monoisotopic (exact) mass is 353 g/mol. The molecule has 0 aliphatic rings. The molecule has 2 aromatic rings. The number of halogens is 2. The second-order valence-electron chi connectivity index (χ2n) is 2.25. The summed E-state index contributed by atoms with van der Waals surface area (Å²) in [5, 5.41) is 1.68. The minimum atomic E-state index is 0.704. The number of aromatic nitrogens is 1. The van der Waals surface area contributed by atoms with Gasteiger partial charge in [-0.15, -0.1) is 6.07 Å². The van der Waals surface area contributed by atoms with Crippen LogP contribution in [-0.4, -0.2) is 4.98 Å². The molecule has 0 N–H and O–H groups in total. The van der Waals surface area contributed by atoms with Gasteiger partial charge in [-0.25, -0.2) is 0 Å². The van der Waals surface area contributed by atoms with Crippen molar-refractivity contribution in [3.8, 4) is 0 Å². The van der Waals surface area contributed by atoms with Crippen LogP contribution in [0.3, 0.4) is 0 Å². The van der Waals surface area contributed by atoms with E-state index in [2.05, 4.69) is 30.9 Å². The predicted octanol–water partition coefficient (Wildman–Crippen LogP) is 3.57. The number of fused-ring (bicyclic) bond motifs is 1. The van der Waals surface area contributed by atoms with Crippen LogP contribution < -0.4 is 0 Å². The molecule has 0 saturated heterocycles. The third kappa shape index (κ3) is 2.86. The van der Waals surface area contributed by atoms with Crippen molar-refractivity contribution in [1.29, 1.82) is 0 Å². The van der Waals surface area contributed by atoms with Gasteiger partial charge in [0, 0.05) is 0 Å². The van der Waals surface area contributed by atoms with Crippen molar-refractivity contribution in [1.82, 2.24) is 4.98 Å². The normalized spacial score (nSPS) is 9.23. The van der Waals surface area contributed by atoms with Gasteiger partial charge in [0.1, 0.15) is 0 Å². The summed E-state index contributed by atoms with van der Waals surface area (Å²) >= 11 is 9.51. The van der Waals surface area contributed by atoms with Crippen LogP contribution in [0, 0.1) is 6.20 Å². The molecular weight excluding hydrogens is 350 g/mol. The first-order valence-electron chi connectivity index (χ1n) is 3.56. The Morgan fingerprint density at radius 3 is 2.69 bits per heavy atom. The predicted molar refractivity (Wildman–Crippen MR) is 59.6 cm³/mol. The number of hydrogen-bond acceptors (Lipinski definition) is 1. The molecule has 0 atom stereocenters. The Morgan fingerprint density at radius 1 is 1.31 bits per heavy atom. The average molecular weight is 355 g/mol. The molecule has 62 valence electrons. The summed E-state index contributed by atoms with van der Waals surface area (Å²) in [6.07, 6.45) is 2.72. The zero-order valence-corrected chi connectivity index (χ0v) is 12.7. The van der Waals surface area contributed by atoms with Crippen LogP contribution in [0.5, 0.6) is 0 Å². The van der Waals surface area contributed by atoms with Crippen molar-refractivity contribution in [2.45, 2.75) is 0 Å². The fourth-order valence-corrected chi connectivity index (χ4v) is 1.22. The van der Waals surface area contributed by atoms with E-state index in [0.717, 1.165) is 10.9 Å². The molecule has 0 aliphatic heterocycles. The van der Waals surface area contributed by atoms with Crippen LogP contribution in [0.2, 0.25) is 5.02 Å². The van der Waals surface area contributed by atoms with Crippen molar-refractivity contribution >= 4 is 42.3 Å². The molecule has 0 bridgehead atoms. The van der Waals surface area contributed by atoms with Crippen molar-refractivity contribution in [2.75, 3.05) is 0 Å². The average Bonchev–Trinajstić information content (AvgIpc) is 2.22. The number of rotatable bonds is 0. The molecule has 0 saturated carbocycles. The Labute approximate surface area is 103 Å². The Hall–Kier alpha value is 0.273. The summed E-state index contributed by atoms with van der Waals surface area (Å²) in [6, 6.07) is 9.40. The molecule has 0 radical (unpaired) electrons. The zero-order chi connectivity index (χ0) is 9.68. The van der Waals surface area contributed by atoms with Gasteiger partial charge in [0.15, 0.2) is 0 Å². The van der Waals surface area contributed by atoms with Crippen LogP contribution in [0.1, 0.15) is 0 Å². The van der Waals surface area contributed by atoms with E-state index >= 15 is 0 Å². The van der Waals surface area contributed by atoms with Gasteiger partial charge in [-0.2, -0.15) is 11.6 Å². The summed E-state index contributed by atoms with van der Waals surface area (Å²) in [5.74, 6) is 0. The molecule has 0 unspecified atom stereocenters. The fourth-order valence-electron chi connectivity index (χ4n) is 1.01. The van der Waals surface area contributed by atoms with E-state index < -0.39 is 0 Å². The molecule has 0 fully saturated rings. The van der Waals surface area contributed by atoms with Crippen LogP contribution in [0.25, 0.3) is 10.9 Å².